The van der Waals surface area contributed by atoms with E-state index in [2.05, 4.69) is 68.2 Å². The molecule has 0 amide bonds. The van der Waals surface area contributed by atoms with Crippen LogP contribution in [0.3, 0.4) is 0 Å². The van der Waals surface area contributed by atoms with Gasteiger partial charge in [0.1, 0.15) is 12.4 Å². The lowest BCUT2D eigenvalue weighted by Gasteiger charge is -2.22. The smallest absolute Gasteiger partial charge is 0.282 e. The minimum Gasteiger partial charge on any atom is -0.490 e. The average Bonchev–Trinajstić information content (AvgIpc) is 2.94. The highest BCUT2D eigenvalue weighted by molar-refractivity contribution is 9.10. The fourth-order valence-corrected chi connectivity index (χ4v) is 5.87. The lowest BCUT2D eigenvalue weighted by Crippen LogP contribution is -2.25. The number of halogens is 2. The molecule has 0 saturated heterocycles. The van der Waals surface area contributed by atoms with E-state index >= 15 is 0 Å². The van der Waals surface area contributed by atoms with Gasteiger partial charge >= 0.3 is 0 Å². The van der Waals surface area contributed by atoms with Crippen LogP contribution in [0.4, 0.5) is 0 Å². The molecule has 0 radical (unpaired) electrons. The molecule has 1 fully saturated rings. The number of hydrogen-bond acceptors (Lipinski definition) is 5. The molecule has 0 spiro atoms. The fraction of sp³-hybridized carbons (Fsp3) is 0.323. The molecular weight excluding hydrogens is 622 g/mol. The minimum atomic E-state index is -0.166. The Bertz CT molecular complexity index is 1560. The molecule has 1 aliphatic rings. The zero-order valence-corrected chi connectivity index (χ0v) is 25.3. The molecule has 5 rings (SSSR count). The number of aryl methyl sites for hydroxylation is 1. The van der Waals surface area contributed by atoms with Gasteiger partial charge in [-0.1, -0.05) is 65.0 Å². The summed E-state index contributed by atoms with van der Waals surface area (Å²) < 4.78 is 15.2. The van der Waals surface area contributed by atoms with Crippen LogP contribution in [0, 0.1) is 6.92 Å². The molecule has 1 aliphatic carbocycles. The molecule has 1 saturated carbocycles. The van der Waals surface area contributed by atoms with E-state index in [-0.39, 0.29) is 11.5 Å². The monoisotopic (exact) mass is 651 g/mol. The van der Waals surface area contributed by atoms with Crippen molar-refractivity contribution in [2.24, 2.45) is 5.10 Å². The van der Waals surface area contributed by atoms with Gasteiger partial charge in [-0.15, -0.1) is 0 Å². The number of fused-ring (bicyclic) bond motifs is 1. The van der Waals surface area contributed by atoms with Gasteiger partial charge in [0.05, 0.1) is 28.2 Å². The number of aromatic nitrogens is 2. The second-order valence-corrected chi connectivity index (χ2v) is 11.6. The van der Waals surface area contributed by atoms with Gasteiger partial charge in [0, 0.05) is 10.4 Å². The number of benzene rings is 3. The summed E-state index contributed by atoms with van der Waals surface area (Å²) in [5, 5.41) is 5.23. The van der Waals surface area contributed by atoms with Crippen molar-refractivity contribution in [3.8, 4) is 11.5 Å². The summed E-state index contributed by atoms with van der Waals surface area (Å²) in [6, 6.07) is 17.7. The van der Waals surface area contributed by atoms with Crippen molar-refractivity contribution in [1.82, 2.24) is 9.66 Å². The van der Waals surface area contributed by atoms with Crippen LogP contribution in [0.2, 0.25) is 0 Å². The molecule has 8 heteroatoms. The van der Waals surface area contributed by atoms with E-state index in [1.807, 2.05) is 37.3 Å². The van der Waals surface area contributed by atoms with Gasteiger partial charge in [-0.2, -0.15) is 9.78 Å². The van der Waals surface area contributed by atoms with E-state index in [1.54, 1.807) is 6.21 Å². The first kappa shape index (κ1) is 27.6. The van der Waals surface area contributed by atoms with E-state index in [0.717, 1.165) is 51.6 Å². The number of hydrogen-bond donors (Lipinski definition) is 0. The van der Waals surface area contributed by atoms with Gasteiger partial charge in [0.25, 0.3) is 5.56 Å². The van der Waals surface area contributed by atoms with Crippen molar-refractivity contribution in [1.29, 1.82) is 0 Å². The highest BCUT2D eigenvalue weighted by Gasteiger charge is 2.22. The summed E-state index contributed by atoms with van der Waals surface area (Å²) in [7, 11) is 0. The summed E-state index contributed by atoms with van der Waals surface area (Å²) in [5.41, 5.74) is 3.60. The summed E-state index contributed by atoms with van der Waals surface area (Å²) in [6.07, 6.45) is 7.20. The number of nitrogens with zero attached hydrogens (tertiary/aromatic N) is 3. The maximum atomic E-state index is 13.6. The van der Waals surface area contributed by atoms with Crippen LogP contribution in [0.1, 0.15) is 67.5 Å². The van der Waals surface area contributed by atoms with E-state index in [0.29, 0.717) is 35.6 Å². The third kappa shape index (κ3) is 6.44. The van der Waals surface area contributed by atoms with E-state index < -0.39 is 0 Å². The standard InChI is InChI=1S/C31H31Br2N3O3/c1-3-38-28-16-22(15-26(33)29(28)39-19-21-11-9-20(2)10-12-21)18-34-36-30(23-7-5-4-6-8-23)35-27-14-13-24(32)17-25(27)31(36)37/h9-18,23H,3-8,19H2,1-2H3. The van der Waals surface area contributed by atoms with Crippen molar-refractivity contribution in [2.45, 2.75) is 58.5 Å². The van der Waals surface area contributed by atoms with Crippen molar-refractivity contribution in [2.75, 3.05) is 6.61 Å². The summed E-state index contributed by atoms with van der Waals surface area (Å²) in [4.78, 5) is 18.6. The lowest BCUT2D eigenvalue weighted by atomic mass is 9.88. The van der Waals surface area contributed by atoms with Gasteiger partial charge < -0.3 is 9.47 Å². The molecule has 0 aliphatic heterocycles. The Balaban J connectivity index is 1.50. The Morgan fingerprint density at radius 1 is 1.03 bits per heavy atom. The molecule has 0 bridgehead atoms. The summed E-state index contributed by atoms with van der Waals surface area (Å²) in [6.45, 7) is 4.91. The van der Waals surface area contributed by atoms with Gasteiger partial charge in [-0.3, -0.25) is 4.79 Å². The topological polar surface area (TPSA) is 65.7 Å². The zero-order chi connectivity index (χ0) is 27.4. The Morgan fingerprint density at radius 2 is 1.79 bits per heavy atom. The van der Waals surface area contributed by atoms with Crippen LogP contribution < -0.4 is 15.0 Å². The molecule has 1 aromatic heterocycles. The van der Waals surface area contributed by atoms with Crippen molar-refractivity contribution >= 4 is 49.0 Å². The Kier molecular flexibility index (Phi) is 8.82. The predicted molar refractivity (Wildman–Crippen MR) is 163 cm³/mol. The first-order valence-electron chi connectivity index (χ1n) is 13.3. The third-order valence-corrected chi connectivity index (χ3v) is 8.04. The molecule has 0 unspecified atom stereocenters. The fourth-order valence-electron chi connectivity index (χ4n) is 4.93. The Morgan fingerprint density at radius 3 is 2.54 bits per heavy atom. The maximum Gasteiger partial charge on any atom is 0.282 e. The van der Waals surface area contributed by atoms with Crippen LogP contribution in [0.25, 0.3) is 10.9 Å². The maximum absolute atomic E-state index is 13.6. The van der Waals surface area contributed by atoms with Gasteiger partial charge in [-0.25, -0.2) is 4.98 Å². The van der Waals surface area contributed by atoms with Crippen molar-refractivity contribution < 1.29 is 9.47 Å². The number of ether oxygens (including phenoxy) is 2. The van der Waals surface area contributed by atoms with E-state index in [4.69, 9.17) is 14.5 Å². The highest BCUT2D eigenvalue weighted by atomic mass is 79.9. The Labute approximate surface area is 245 Å². The zero-order valence-electron chi connectivity index (χ0n) is 22.1. The molecule has 0 atom stereocenters. The van der Waals surface area contributed by atoms with E-state index in [9.17, 15) is 4.79 Å². The van der Waals surface area contributed by atoms with Crippen LogP contribution in [-0.4, -0.2) is 22.5 Å². The van der Waals surface area contributed by atoms with Crippen LogP contribution in [0.5, 0.6) is 11.5 Å². The van der Waals surface area contributed by atoms with Crippen LogP contribution in [-0.2, 0) is 6.61 Å². The molecule has 1 heterocycles. The van der Waals surface area contributed by atoms with Crippen molar-refractivity contribution in [3.05, 3.63) is 96.4 Å². The summed E-state index contributed by atoms with van der Waals surface area (Å²) >= 11 is 7.14. The molecule has 3 aromatic carbocycles. The molecule has 0 N–H and O–H groups in total. The molecular formula is C31H31Br2N3O3. The number of rotatable bonds is 8. The van der Waals surface area contributed by atoms with Gasteiger partial charge in [0.2, 0.25) is 0 Å². The van der Waals surface area contributed by atoms with Gasteiger partial charge in [0.15, 0.2) is 11.5 Å². The quantitative estimate of drug-likeness (QED) is 0.180. The minimum absolute atomic E-state index is 0.166. The second-order valence-electron chi connectivity index (χ2n) is 9.87. The third-order valence-electron chi connectivity index (χ3n) is 6.96. The molecule has 4 aromatic rings. The van der Waals surface area contributed by atoms with Crippen LogP contribution >= 0.6 is 31.9 Å². The Hall–Kier alpha value is -2.97. The summed E-state index contributed by atoms with van der Waals surface area (Å²) in [5.74, 6) is 2.18. The lowest BCUT2D eigenvalue weighted by molar-refractivity contribution is 0.267. The molecule has 39 heavy (non-hydrogen) atoms. The van der Waals surface area contributed by atoms with Gasteiger partial charge in [-0.05, 0) is 84.1 Å². The second kappa shape index (κ2) is 12.5. The molecule has 202 valence electrons. The SMILES string of the molecule is CCOc1cc(C=Nn2c(C3CCCCC3)nc3ccc(Br)cc3c2=O)cc(Br)c1OCc1ccc(C)cc1. The molecule has 6 nitrogen and oxygen atoms in total. The first-order valence-corrected chi connectivity index (χ1v) is 14.9. The average molecular weight is 653 g/mol. The highest BCUT2D eigenvalue weighted by Crippen LogP contribution is 2.37. The first-order chi connectivity index (χ1) is 18.9. The normalized spacial score (nSPS) is 14.3. The largest absolute Gasteiger partial charge is 0.490 e. The van der Waals surface area contributed by atoms with Crippen molar-refractivity contribution in [3.63, 3.8) is 0 Å². The predicted octanol–water partition coefficient (Wildman–Crippen LogP) is 8.14. The van der Waals surface area contributed by atoms with Crippen LogP contribution in [0.15, 0.2) is 73.4 Å². The van der Waals surface area contributed by atoms with E-state index in [1.165, 1.54) is 16.7 Å².